The van der Waals surface area contributed by atoms with E-state index in [0.29, 0.717) is 6.42 Å². The molecule has 0 radical (unpaired) electrons. The SMILES string of the molecule is CC/C=C(\C(=O)O)[C@H](CCC(F)(F)F)C(=O)OC(C)(C)C. The molecule has 0 bridgehead atoms. The van der Waals surface area contributed by atoms with E-state index in [4.69, 9.17) is 9.84 Å². The van der Waals surface area contributed by atoms with E-state index in [1.807, 2.05) is 0 Å². The number of esters is 1. The summed E-state index contributed by atoms with van der Waals surface area (Å²) in [5.41, 5.74) is -1.25. The second kappa shape index (κ2) is 7.47. The van der Waals surface area contributed by atoms with Gasteiger partial charge in [0.05, 0.1) is 5.92 Å². The Morgan fingerprint density at radius 3 is 2.10 bits per heavy atom. The molecule has 1 N–H and O–H groups in total. The monoisotopic (exact) mass is 310 g/mol. The highest BCUT2D eigenvalue weighted by Gasteiger charge is 2.36. The van der Waals surface area contributed by atoms with Gasteiger partial charge in [0.2, 0.25) is 0 Å². The molecule has 0 saturated heterocycles. The summed E-state index contributed by atoms with van der Waals surface area (Å²) in [6.07, 6.45) is -4.81. The lowest BCUT2D eigenvalue weighted by Gasteiger charge is -2.24. The maximum Gasteiger partial charge on any atom is 0.389 e. The van der Waals surface area contributed by atoms with Gasteiger partial charge in [0, 0.05) is 12.0 Å². The molecular weight excluding hydrogens is 289 g/mol. The van der Waals surface area contributed by atoms with E-state index in [0.717, 1.165) is 0 Å². The summed E-state index contributed by atoms with van der Waals surface area (Å²) in [6, 6.07) is 0. The van der Waals surface area contributed by atoms with Gasteiger partial charge in [-0.3, -0.25) is 4.79 Å². The number of halogens is 3. The molecule has 21 heavy (non-hydrogen) atoms. The lowest BCUT2D eigenvalue weighted by Crippen LogP contribution is -2.32. The lowest BCUT2D eigenvalue weighted by atomic mass is 9.92. The summed E-state index contributed by atoms with van der Waals surface area (Å²) in [6.45, 7) is 6.33. The van der Waals surface area contributed by atoms with Gasteiger partial charge in [-0.1, -0.05) is 13.0 Å². The smallest absolute Gasteiger partial charge is 0.389 e. The van der Waals surface area contributed by atoms with Gasteiger partial charge in [-0.15, -0.1) is 0 Å². The third-order valence-electron chi connectivity index (χ3n) is 2.45. The van der Waals surface area contributed by atoms with Crippen molar-refractivity contribution in [3.63, 3.8) is 0 Å². The van der Waals surface area contributed by atoms with E-state index in [2.05, 4.69) is 0 Å². The summed E-state index contributed by atoms with van der Waals surface area (Å²) in [5.74, 6) is -3.79. The normalized spacial score (nSPS) is 14.7. The molecule has 0 unspecified atom stereocenters. The Labute approximate surface area is 122 Å². The van der Waals surface area contributed by atoms with E-state index < -0.39 is 42.5 Å². The number of carboxylic acids is 1. The zero-order valence-electron chi connectivity index (χ0n) is 12.6. The van der Waals surface area contributed by atoms with Gasteiger partial charge >= 0.3 is 18.1 Å². The summed E-state index contributed by atoms with van der Waals surface area (Å²) in [5, 5.41) is 9.09. The molecule has 7 heteroatoms. The third-order valence-corrected chi connectivity index (χ3v) is 2.45. The Balaban J connectivity index is 5.30. The van der Waals surface area contributed by atoms with Crippen LogP contribution in [0, 0.1) is 5.92 Å². The van der Waals surface area contributed by atoms with Crippen molar-refractivity contribution < 1.29 is 32.6 Å². The molecule has 0 aromatic rings. The van der Waals surface area contributed by atoms with Crippen molar-refractivity contribution in [2.75, 3.05) is 0 Å². The Morgan fingerprint density at radius 2 is 1.76 bits per heavy atom. The highest BCUT2D eigenvalue weighted by atomic mass is 19.4. The van der Waals surface area contributed by atoms with Gasteiger partial charge in [0.15, 0.2) is 0 Å². The number of carbonyl (C=O) groups is 2. The van der Waals surface area contributed by atoms with Crippen LogP contribution in [0.25, 0.3) is 0 Å². The van der Waals surface area contributed by atoms with Crippen LogP contribution in [-0.2, 0) is 14.3 Å². The third kappa shape index (κ3) is 8.37. The van der Waals surface area contributed by atoms with Crippen molar-refractivity contribution in [3.8, 4) is 0 Å². The maximum absolute atomic E-state index is 12.3. The van der Waals surface area contributed by atoms with Crippen LogP contribution < -0.4 is 0 Å². The number of allylic oxidation sites excluding steroid dienone is 1. The number of alkyl halides is 3. The quantitative estimate of drug-likeness (QED) is 0.600. The molecule has 0 fully saturated rings. The van der Waals surface area contributed by atoms with Crippen molar-refractivity contribution in [2.45, 2.75) is 58.7 Å². The highest BCUT2D eigenvalue weighted by molar-refractivity contribution is 5.94. The fraction of sp³-hybridized carbons (Fsp3) is 0.714. The molecular formula is C14H21F3O4. The fourth-order valence-corrected chi connectivity index (χ4v) is 1.68. The predicted molar refractivity (Wildman–Crippen MR) is 70.6 cm³/mol. The van der Waals surface area contributed by atoms with Crippen molar-refractivity contribution in [1.29, 1.82) is 0 Å². The first kappa shape index (κ1) is 19.5. The number of ether oxygens (including phenoxy) is 1. The van der Waals surface area contributed by atoms with Gasteiger partial charge < -0.3 is 9.84 Å². The molecule has 0 amide bonds. The molecule has 0 saturated carbocycles. The van der Waals surface area contributed by atoms with Crippen LogP contribution in [0.15, 0.2) is 11.6 Å². The molecule has 4 nitrogen and oxygen atoms in total. The van der Waals surface area contributed by atoms with Crippen molar-refractivity contribution in [1.82, 2.24) is 0 Å². The highest BCUT2D eigenvalue weighted by Crippen LogP contribution is 2.29. The topological polar surface area (TPSA) is 63.6 Å². The molecule has 0 aromatic carbocycles. The first-order valence-corrected chi connectivity index (χ1v) is 6.60. The van der Waals surface area contributed by atoms with Crippen LogP contribution in [0.1, 0.15) is 47.0 Å². The van der Waals surface area contributed by atoms with Crippen molar-refractivity contribution in [2.24, 2.45) is 5.92 Å². The number of hydrogen-bond donors (Lipinski definition) is 1. The second-order valence-corrected chi connectivity index (χ2v) is 5.61. The van der Waals surface area contributed by atoms with Crippen LogP contribution in [-0.4, -0.2) is 28.8 Å². The van der Waals surface area contributed by atoms with E-state index in [1.54, 1.807) is 27.7 Å². The minimum Gasteiger partial charge on any atom is -0.478 e. The standard InChI is InChI=1S/C14H21F3O4/c1-5-6-9(11(18)19)10(7-8-14(15,16)17)12(20)21-13(2,3)4/h6,10H,5,7-8H2,1-4H3,(H,18,19)/b9-6-/t10-/m0/s1. The summed E-state index contributed by atoms with van der Waals surface area (Å²) in [4.78, 5) is 23.2. The summed E-state index contributed by atoms with van der Waals surface area (Å²) in [7, 11) is 0. The first-order chi connectivity index (χ1) is 9.37. The molecule has 0 aliphatic rings. The molecule has 122 valence electrons. The zero-order chi connectivity index (χ0) is 16.8. The molecule has 0 spiro atoms. The Bertz CT molecular complexity index is 405. The lowest BCUT2D eigenvalue weighted by molar-refractivity contribution is -0.163. The van der Waals surface area contributed by atoms with Crippen molar-refractivity contribution in [3.05, 3.63) is 11.6 Å². The molecule has 0 heterocycles. The average molecular weight is 310 g/mol. The molecule has 0 aliphatic carbocycles. The number of aliphatic carboxylic acids is 1. The average Bonchev–Trinajstić information content (AvgIpc) is 2.23. The molecule has 1 atom stereocenters. The van der Waals surface area contributed by atoms with E-state index in [1.165, 1.54) is 6.08 Å². The Morgan fingerprint density at radius 1 is 1.24 bits per heavy atom. The molecule has 0 rings (SSSR count). The first-order valence-electron chi connectivity index (χ1n) is 6.60. The second-order valence-electron chi connectivity index (χ2n) is 5.61. The van der Waals surface area contributed by atoms with Crippen LogP contribution in [0.3, 0.4) is 0 Å². The predicted octanol–water partition coefficient (Wildman–Crippen LogP) is 3.71. The van der Waals surface area contributed by atoms with Gasteiger partial charge in [-0.05, 0) is 33.6 Å². The zero-order valence-corrected chi connectivity index (χ0v) is 12.6. The fourth-order valence-electron chi connectivity index (χ4n) is 1.68. The Hall–Kier alpha value is -1.53. The number of carbonyl (C=O) groups excluding carboxylic acids is 1. The van der Waals surface area contributed by atoms with E-state index in [-0.39, 0.29) is 5.57 Å². The number of hydrogen-bond acceptors (Lipinski definition) is 3. The van der Waals surface area contributed by atoms with E-state index in [9.17, 15) is 22.8 Å². The summed E-state index contributed by atoms with van der Waals surface area (Å²) >= 11 is 0. The summed E-state index contributed by atoms with van der Waals surface area (Å²) < 4.78 is 42.1. The van der Waals surface area contributed by atoms with Crippen LogP contribution in [0.5, 0.6) is 0 Å². The van der Waals surface area contributed by atoms with Gasteiger partial charge in [0.1, 0.15) is 5.60 Å². The number of carboxylic acid groups (broad SMARTS) is 1. The van der Waals surface area contributed by atoms with Crippen LogP contribution in [0.4, 0.5) is 13.2 Å². The van der Waals surface area contributed by atoms with Crippen LogP contribution >= 0.6 is 0 Å². The maximum atomic E-state index is 12.3. The minimum absolute atomic E-state index is 0.299. The molecule has 0 aromatic heterocycles. The van der Waals surface area contributed by atoms with Crippen LogP contribution in [0.2, 0.25) is 0 Å². The van der Waals surface area contributed by atoms with Gasteiger partial charge in [-0.2, -0.15) is 13.2 Å². The van der Waals surface area contributed by atoms with E-state index >= 15 is 0 Å². The van der Waals surface area contributed by atoms with Gasteiger partial charge in [-0.25, -0.2) is 4.79 Å². The Kier molecular flexibility index (Phi) is 6.93. The largest absolute Gasteiger partial charge is 0.478 e. The minimum atomic E-state index is -4.46. The van der Waals surface area contributed by atoms with Crippen molar-refractivity contribution >= 4 is 11.9 Å². The molecule has 0 aliphatic heterocycles. The number of rotatable bonds is 6. The van der Waals surface area contributed by atoms with Gasteiger partial charge in [0.25, 0.3) is 0 Å².